The maximum atomic E-state index is 13.4. The Labute approximate surface area is 239 Å². The van der Waals surface area contributed by atoms with E-state index in [1.807, 2.05) is 33.0 Å². The van der Waals surface area contributed by atoms with E-state index < -0.39 is 17.5 Å². The fourth-order valence-corrected chi connectivity index (χ4v) is 7.42. The molecule has 1 unspecified atom stereocenters. The first-order chi connectivity index (χ1) is 19.1. The Hall–Kier alpha value is -3.77. The van der Waals surface area contributed by atoms with Crippen molar-refractivity contribution in [3.63, 3.8) is 0 Å². The summed E-state index contributed by atoms with van der Waals surface area (Å²) in [6.45, 7) is 5.18. The number of halogens is 1. The standard InChI is InChI=1S/C27H27ClN6O5S/c1-4-39-18-11-14(28)12-19-22(18)32(3)25(40-19)27(2)9-10-34(27)26(38)30-20-7-5-15-16(29-20)13-33(24(15)37)17-6-8-21(35)31-23(17)36/h5,7,11-12,17H,4,6,8-10,13H2,1-3H3,(H-,29,30,31,35,36,37,38)/p+1/t17?,27-/m0/s1. The van der Waals surface area contributed by atoms with Gasteiger partial charge in [0.2, 0.25) is 11.8 Å². The first-order valence-corrected chi connectivity index (χ1v) is 14.3. The van der Waals surface area contributed by atoms with Gasteiger partial charge in [-0.2, -0.15) is 4.57 Å². The number of rotatable bonds is 5. The first kappa shape index (κ1) is 26.5. The number of carbonyl (C=O) groups is 4. The number of imide groups is 1. The van der Waals surface area contributed by atoms with Crippen LogP contribution in [-0.2, 0) is 28.7 Å². The number of amides is 5. The minimum absolute atomic E-state index is 0.133. The average molecular weight is 584 g/mol. The van der Waals surface area contributed by atoms with Gasteiger partial charge >= 0.3 is 6.03 Å². The van der Waals surface area contributed by atoms with Crippen molar-refractivity contribution in [2.75, 3.05) is 18.5 Å². The number of hydrogen-bond donors (Lipinski definition) is 2. The van der Waals surface area contributed by atoms with Crippen molar-refractivity contribution in [1.82, 2.24) is 20.1 Å². The smallest absolute Gasteiger partial charge is 0.323 e. The van der Waals surface area contributed by atoms with E-state index in [4.69, 9.17) is 16.3 Å². The Bertz CT molecular complexity index is 1610. The Balaban J connectivity index is 1.21. The number of fused-ring (bicyclic) bond motifs is 2. The molecule has 3 aliphatic heterocycles. The normalized spacial score (nSPS) is 22.3. The molecule has 40 heavy (non-hydrogen) atoms. The van der Waals surface area contributed by atoms with Gasteiger partial charge in [-0.15, -0.1) is 0 Å². The summed E-state index contributed by atoms with van der Waals surface area (Å²) in [5.74, 6) is -0.101. The summed E-state index contributed by atoms with van der Waals surface area (Å²) in [6.07, 6.45) is 1.23. The second kappa shape index (κ2) is 9.70. The predicted molar refractivity (Wildman–Crippen MR) is 147 cm³/mol. The molecule has 5 amide bonds. The van der Waals surface area contributed by atoms with Crippen LogP contribution in [0.5, 0.6) is 5.75 Å². The van der Waals surface area contributed by atoms with E-state index in [1.54, 1.807) is 28.4 Å². The van der Waals surface area contributed by atoms with Gasteiger partial charge in [0.05, 0.1) is 24.4 Å². The third-order valence-electron chi connectivity index (χ3n) is 7.88. The molecular formula is C27H28ClN6O5S+. The van der Waals surface area contributed by atoms with E-state index in [-0.39, 0.29) is 37.2 Å². The molecule has 2 fully saturated rings. The van der Waals surface area contributed by atoms with E-state index in [1.165, 1.54) is 4.90 Å². The zero-order valence-electron chi connectivity index (χ0n) is 22.2. The van der Waals surface area contributed by atoms with Crippen LogP contribution in [0.2, 0.25) is 5.02 Å². The summed E-state index contributed by atoms with van der Waals surface area (Å²) in [5, 5.41) is 6.77. The van der Waals surface area contributed by atoms with Crippen LogP contribution in [0.1, 0.15) is 54.2 Å². The lowest BCUT2D eigenvalue weighted by Crippen LogP contribution is -2.62. The Morgan fingerprint density at radius 1 is 1.32 bits per heavy atom. The third kappa shape index (κ3) is 4.17. The lowest BCUT2D eigenvalue weighted by atomic mass is 9.87. The highest BCUT2D eigenvalue weighted by molar-refractivity contribution is 7.18. The number of carbonyl (C=O) groups excluding carboxylic acids is 4. The van der Waals surface area contributed by atoms with Crippen molar-refractivity contribution >= 4 is 62.7 Å². The summed E-state index contributed by atoms with van der Waals surface area (Å²) in [4.78, 5) is 58.0. The maximum absolute atomic E-state index is 13.4. The number of urea groups is 1. The molecule has 208 valence electrons. The van der Waals surface area contributed by atoms with Gasteiger partial charge in [-0.25, -0.2) is 9.78 Å². The third-order valence-corrected chi connectivity index (χ3v) is 9.54. The van der Waals surface area contributed by atoms with Crippen LogP contribution in [-0.4, -0.2) is 57.7 Å². The first-order valence-electron chi connectivity index (χ1n) is 13.1. The molecular weight excluding hydrogens is 556 g/mol. The number of anilines is 1. The molecule has 2 aromatic heterocycles. The number of pyridine rings is 1. The quantitative estimate of drug-likeness (QED) is 0.351. The molecule has 1 aromatic carbocycles. The Morgan fingerprint density at radius 3 is 2.83 bits per heavy atom. The Morgan fingerprint density at radius 2 is 2.12 bits per heavy atom. The van der Waals surface area contributed by atoms with Crippen LogP contribution in [0.3, 0.4) is 0 Å². The largest absolute Gasteiger partial charge is 0.487 e. The molecule has 0 aliphatic carbocycles. The predicted octanol–water partition coefficient (Wildman–Crippen LogP) is 3.09. The summed E-state index contributed by atoms with van der Waals surface area (Å²) < 4.78 is 8.90. The highest BCUT2D eigenvalue weighted by Gasteiger charge is 2.52. The second-order valence-corrected chi connectivity index (χ2v) is 11.8. The minimum atomic E-state index is -0.723. The van der Waals surface area contributed by atoms with Crippen LogP contribution in [0, 0.1) is 0 Å². The number of ether oxygens (including phenoxy) is 1. The van der Waals surface area contributed by atoms with Crippen LogP contribution < -0.4 is 19.9 Å². The van der Waals surface area contributed by atoms with E-state index in [0.717, 1.165) is 21.6 Å². The zero-order valence-corrected chi connectivity index (χ0v) is 23.8. The van der Waals surface area contributed by atoms with Crippen molar-refractivity contribution < 1.29 is 28.5 Å². The number of aromatic nitrogens is 2. The van der Waals surface area contributed by atoms with Gasteiger partial charge in [-0.05, 0) is 44.9 Å². The molecule has 2 atom stereocenters. The van der Waals surface area contributed by atoms with Crippen LogP contribution in [0.4, 0.5) is 10.6 Å². The van der Waals surface area contributed by atoms with Gasteiger partial charge < -0.3 is 14.5 Å². The summed E-state index contributed by atoms with van der Waals surface area (Å²) in [7, 11) is 1.97. The van der Waals surface area contributed by atoms with Crippen molar-refractivity contribution in [1.29, 1.82) is 0 Å². The van der Waals surface area contributed by atoms with Gasteiger partial charge in [-0.3, -0.25) is 25.0 Å². The monoisotopic (exact) mass is 583 g/mol. The number of nitrogens with one attached hydrogen (secondary N) is 2. The molecule has 2 saturated heterocycles. The molecule has 13 heteroatoms. The topological polar surface area (TPSA) is 125 Å². The van der Waals surface area contributed by atoms with Crippen LogP contribution in [0.15, 0.2) is 24.3 Å². The van der Waals surface area contributed by atoms with E-state index in [0.29, 0.717) is 41.0 Å². The maximum Gasteiger partial charge on any atom is 0.323 e. The molecule has 0 spiro atoms. The van der Waals surface area contributed by atoms with Crippen molar-refractivity contribution in [3.8, 4) is 5.75 Å². The van der Waals surface area contributed by atoms with E-state index in [2.05, 4.69) is 20.2 Å². The number of benzene rings is 1. The molecule has 0 saturated carbocycles. The second-order valence-electron chi connectivity index (χ2n) is 10.3. The molecule has 0 radical (unpaired) electrons. The number of thiazole rings is 1. The number of nitrogens with zero attached hydrogens (tertiary/aromatic N) is 4. The number of likely N-dealkylation sites (tertiary alicyclic amines) is 1. The van der Waals surface area contributed by atoms with Crippen LogP contribution >= 0.6 is 22.9 Å². The van der Waals surface area contributed by atoms with E-state index in [9.17, 15) is 19.2 Å². The van der Waals surface area contributed by atoms with Crippen LogP contribution in [0.25, 0.3) is 10.2 Å². The average Bonchev–Trinajstić information content (AvgIpc) is 3.39. The minimum Gasteiger partial charge on any atom is -0.487 e. The molecule has 5 heterocycles. The highest BCUT2D eigenvalue weighted by atomic mass is 35.5. The summed E-state index contributed by atoms with van der Waals surface area (Å²) >= 11 is 7.93. The van der Waals surface area contributed by atoms with Gasteiger partial charge in [0.25, 0.3) is 16.4 Å². The molecule has 2 N–H and O–H groups in total. The molecule has 6 rings (SSSR count). The molecule has 11 nitrogen and oxygen atoms in total. The van der Waals surface area contributed by atoms with E-state index >= 15 is 0 Å². The van der Waals surface area contributed by atoms with Crippen molar-refractivity contribution in [2.45, 2.75) is 51.2 Å². The number of piperidine rings is 1. The zero-order chi connectivity index (χ0) is 28.3. The molecule has 3 aromatic rings. The lowest BCUT2D eigenvalue weighted by Gasteiger charge is -2.47. The lowest BCUT2D eigenvalue weighted by molar-refractivity contribution is -0.654. The number of aryl methyl sites for hydroxylation is 1. The highest BCUT2D eigenvalue weighted by Crippen LogP contribution is 2.44. The van der Waals surface area contributed by atoms with Gasteiger partial charge in [0.15, 0.2) is 5.75 Å². The molecule has 3 aliphatic rings. The van der Waals surface area contributed by atoms with Crippen molar-refractivity contribution in [3.05, 3.63) is 45.6 Å². The fraction of sp³-hybridized carbons (Fsp3) is 0.407. The SMILES string of the molecule is CCOc1cc(Cl)cc2sc([C@]3(C)CCN3C(=O)Nc3ccc4c(n3)CN(C3CCC(=O)NC3=O)C4=O)[n+](C)c12. The molecule has 0 bridgehead atoms. The van der Waals surface area contributed by atoms with Gasteiger partial charge in [0, 0.05) is 24.1 Å². The van der Waals surface area contributed by atoms with Gasteiger partial charge in [0.1, 0.15) is 29.1 Å². The number of hydrogen-bond acceptors (Lipinski definition) is 7. The van der Waals surface area contributed by atoms with Crippen molar-refractivity contribution in [2.24, 2.45) is 7.05 Å². The fourth-order valence-electron chi connectivity index (χ4n) is 5.76. The van der Waals surface area contributed by atoms with Gasteiger partial charge in [-0.1, -0.05) is 22.9 Å². The summed E-state index contributed by atoms with van der Waals surface area (Å²) in [5.41, 5.74) is 1.26. The Kier molecular flexibility index (Phi) is 6.42. The summed E-state index contributed by atoms with van der Waals surface area (Å²) in [6, 6.07) is 5.91.